The Morgan fingerprint density at radius 2 is 1.60 bits per heavy atom. The Bertz CT molecular complexity index is 617. The predicted molar refractivity (Wildman–Crippen MR) is 101 cm³/mol. The van der Waals surface area contributed by atoms with Crippen molar-refractivity contribution in [2.75, 3.05) is 13.1 Å². The Labute approximate surface area is 150 Å². The molecule has 0 bridgehead atoms. The van der Waals surface area contributed by atoms with Gasteiger partial charge in [-0.3, -0.25) is 9.69 Å². The molecule has 0 aliphatic carbocycles. The third kappa shape index (κ3) is 4.70. The van der Waals surface area contributed by atoms with E-state index in [4.69, 9.17) is 0 Å². The van der Waals surface area contributed by atoms with Crippen molar-refractivity contribution < 1.29 is 9.90 Å². The highest BCUT2D eigenvalue weighted by Gasteiger charge is 2.28. The van der Waals surface area contributed by atoms with Crippen molar-refractivity contribution >= 4 is 5.97 Å². The summed E-state index contributed by atoms with van der Waals surface area (Å²) in [6.45, 7) is 1.78. The lowest BCUT2D eigenvalue weighted by molar-refractivity contribution is -0.144. The largest absolute Gasteiger partial charge is 0.480 e. The summed E-state index contributed by atoms with van der Waals surface area (Å²) in [5, 5.41) is 9.43. The van der Waals surface area contributed by atoms with E-state index < -0.39 is 5.97 Å². The fourth-order valence-corrected chi connectivity index (χ4v) is 3.93. The highest BCUT2D eigenvalue weighted by atomic mass is 16.4. The second-order valence-corrected chi connectivity index (χ2v) is 6.90. The summed E-state index contributed by atoms with van der Waals surface area (Å²) in [4.78, 5) is 13.6. The van der Waals surface area contributed by atoms with E-state index in [1.807, 2.05) is 0 Å². The van der Waals surface area contributed by atoms with Crippen LogP contribution in [0.5, 0.6) is 0 Å². The molecule has 0 amide bonds. The third-order valence-electron chi connectivity index (χ3n) is 5.24. The molecule has 2 aromatic rings. The number of aliphatic carboxylic acids is 1. The van der Waals surface area contributed by atoms with Crippen LogP contribution in [0.15, 0.2) is 60.7 Å². The number of carboxylic acids is 1. The molecule has 0 aromatic heterocycles. The van der Waals surface area contributed by atoms with Gasteiger partial charge in [0.1, 0.15) is 6.04 Å². The smallest absolute Gasteiger partial charge is 0.320 e. The highest BCUT2D eigenvalue weighted by Crippen LogP contribution is 2.29. The number of carbonyl (C=O) groups is 1. The molecule has 0 saturated carbocycles. The first kappa shape index (κ1) is 17.7. The van der Waals surface area contributed by atoms with Gasteiger partial charge in [-0.05, 0) is 49.9 Å². The molecule has 1 aliphatic heterocycles. The Balaban J connectivity index is 1.66. The SMILES string of the molecule is O=C(O)C1CCCCN1CCCC(c1ccccc1)c1ccccc1. The summed E-state index contributed by atoms with van der Waals surface area (Å²) >= 11 is 0. The third-order valence-corrected chi connectivity index (χ3v) is 5.24. The van der Waals surface area contributed by atoms with E-state index in [0.29, 0.717) is 5.92 Å². The average molecular weight is 337 g/mol. The van der Waals surface area contributed by atoms with Crippen molar-refractivity contribution in [3.8, 4) is 0 Å². The van der Waals surface area contributed by atoms with Gasteiger partial charge in [-0.15, -0.1) is 0 Å². The maximum atomic E-state index is 11.5. The van der Waals surface area contributed by atoms with Crippen LogP contribution in [0.3, 0.4) is 0 Å². The second-order valence-electron chi connectivity index (χ2n) is 6.90. The summed E-state index contributed by atoms with van der Waals surface area (Å²) in [5.41, 5.74) is 2.67. The molecule has 1 unspecified atom stereocenters. The molecule has 1 heterocycles. The molecule has 25 heavy (non-hydrogen) atoms. The van der Waals surface area contributed by atoms with E-state index in [-0.39, 0.29) is 6.04 Å². The summed E-state index contributed by atoms with van der Waals surface area (Å²) in [6.07, 6.45) is 4.99. The molecule has 1 atom stereocenters. The minimum absolute atomic E-state index is 0.291. The van der Waals surface area contributed by atoms with E-state index in [1.54, 1.807) is 0 Å². The van der Waals surface area contributed by atoms with Gasteiger partial charge in [0.15, 0.2) is 0 Å². The number of nitrogens with zero attached hydrogens (tertiary/aromatic N) is 1. The minimum atomic E-state index is -0.664. The van der Waals surface area contributed by atoms with Gasteiger partial charge in [0, 0.05) is 5.92 Å². The Hall–Kier alpha value is -2.13. The van der Waals surface area contributed by atoms with Crippen LogP contribution >= 0.6 is 0 Å². The molecule has 0 spiro atoms. The van der Waals surface area contributed by atoms with E-state index in [2.05, 4.69) is 65.6 Å². The molecule has 1 N–H and O–H groups in total. The van der Waals surface area contributed by atoms with Crippen molar-refractivity contribution in [2.45, 2.75) is 44.1 Å². The average Bonchev–Trinajstić information content (AvgIpc) is 2.67. The fourth-order valence-electron chi connectivity index (χ4n) is 3.93. The lowest BCUT2D eigenvalue weighted by Gasteiger charge is -2.33. The van der Waals surface area contributed by atoms with Crippen LogP contribution in [0, 0.1) is 0 Å². The van der Waals surface area contributed by atoms with Crippen LogP contribution in [0.25, 0.3) is 0 Å². The lowest BCUT2D eigenvalue weighted by atomic mass is 9.87. The Morgan fingerprint density at radius 3 is 2.16 bits per heavy atom. The van der Waals surface area contributed by atoms with Crippen LogP contribution < -0.4 is 0 Å². The van der Waals surface area contributed by atoms with E-state index in [0.717, 1.165) is 45.2 Å². The summed E-state index contributed by atoms with van der Waals surface area (Å²) in [5.74, 6) is -0.294. The van der Waals surface area contributed by atoms with Gasteiger partial charge in [-0.25, -0.2) is 0 Å². The molecule has 132 valence electrons. The van der Waals surface area contributed by atoms with E-state index in [9.17, 15) is 9.90 Å². The standard InChI is InChI=1S/C22H27NO2/c24-22(25)21-15-7-8-16-23(21)17-9-14-20(18-10-3-1-4-11-18)19-12-5-2-6-13-19/h1-6,10-13,20-21H,7-9,14-17H2,(H,24,25). The number of piperidine rings is 1. The molecular formula is C22H27NO2. The predicted octanol–water partition coefficient (Wildman–Crippen LogP) is 4.54. The zero-order valence-corrected chi connectivity index (χ0v) is 14.7. The second kappa shape index (κ2) is 8.82. The van der Waals surface area contributed by atoms with Crippen molar-refractivity contribution in [2.24, 2.45) is 0 Å². The molecule has 3 rings (SSSR count). The summed E-state index contributed by atoms with van der Waals surface area (Å²) in [6, 6.07) is 21.0. The first-order chi connectivity index (χ1) is 12.3. The van der Waals surface area contributed by atoms with Gasteiger partial charge in [0.05, 0.1) is 0 Å². The maximum Gasteiger partial charge on any atom is 0.320 e. The van der Waals surface area contributed by atoms with E-state index in [1.165, 1.54) is 11.1 Å². The quantitative estimate of drug-likeness (QED) is 0.806. The lowest BCUT2D eigenvalue weighted by Crippen LogP contribution is -2.45. The van der Waals surface area contributed by atoms with Crippen LogP contribution in [-0.4, -0.2) is 35.1 Å². The molecule has 1 fully saturated rings. The number of carboxylic acid groups (broad SMARTS) is 1. The van der Waals surface area contributed by atoms with Gasteiger partial charge >= 0.3 is 5.97 Å². The minimum Gasteiger partial charge on any atom is -0.480 e. The van der Waals surface area contributed by atoms with Crippen molar-refractivity contribution in [1.29, 1.82) is 0 Å². The topological polar surface area (TPSA) is 40.5 Å². The number of rotatable bonds is 7. The molecular weight excluding hydrogens is 310 g/mol. The van der Waals surface area contributed by atoms with Gasteiger partial charge in [0.25, 0.3) is 0 Å². The highest BCUT2D eigenvalue weighted by molar-refractivity contribution is 5.73. The number of hydrogen-bond donors (Lipinski definition) is 1. The van der Waals surface area contributed by atoms with Crippen LogP contribution in [-0.2, 0) is 4.79 Å². The molecule has 3 heteroatoms. The molecule has 1 aliphatic rings. The number of hydrogen-bond acceptors (Lipinski definition) is 2. The van der Waals surface area contributed by atoms with Crippen molar-refractivity contribution in [3.05, 3.63) is 71.8 Å². The first-order valence-corrected chi connectivity index (χ1v) is 9.32. The molecule has 3 nitrogen and oxygen atoms in total. The molecule has 2 aromatic carbocycles. The van der Waals surface area contributed by atoms with E-state index >= 15 is 0 Å². The maximum absolute atomic E-state index is 11.5. The van der Waals surface area contributed by atoms with Crippen molar-refractivity contribution in [3.63, 3.8) is 0 Å². The summed E-state index contributed by atoms with van der Waals surface area (Å²) < 4.78 is 0. The monoisotopic (exact) mass is 337 g/mol. The van der Waals surface area contributed by atoms with Gasteiger partial charge in [-0.2, -0.15) is 0 Å². The van der Waals surface area contributed by atoms with Crippen LogP contribution in [0.2, 0.25) is 0 Å². The fraction of sp³-hybridized carbons (Fsp3) is 0.409. The van der Waals surface area contributed by atoms with Gasteiger partial charge in [0.2, 0.25) is 0 Å². The van der Waals surface area contributed by atoms with Gasteiger partial charge in [-0.1, -0.05) is 67.1 Å². The van der Waals surface area contributed by atoms with Crippen LogP contribution in [0.4, 0.5) is 0 Å². The number of likely N-dealkylation sites (tertiary alicyclic amines) is 1. The first-order valence-electron chi connectivity index (χ1n) is 9.32. The normalized spacial score (nSPS) is 18.4. The Kier molecular flexibility index (Phi) is 6.24. The molecule has 0 radical (unpaired) electrons. The zero-order chi connectivity index (χ0) is 17.5. The van der Waals surface area contributed by atoms with Crippen molar-refractivity contribution in [1.82, 2.24) is 4.90 Å². The zero-order valence-electron chi connectivity index (χ0n) is 14.7. The Morgan fingerprint density at radius 1 is 1.00 bits per heavy atom. The number of benzene rings is 2. The molecule has 1 saturated heterocycles. The van der Waals surface area contributed by atoms with Gasteiger partial charge < -0.3 is 5.11 Å². The summed E-state index contributed by atoms with van der Waals surface area (Å²) in [7, 11) is 0. The van der Waals surface area contributed by atoms with Crippen LogP contribution in [0.1, 0.15) is 49.1 Å².